The van der Waals surface area contributed by atoms with Crippen LogP contribution in [0.3, 0.4) is 0 Å². The molecule has 0 saturated carbocycles. The Kier molecular flexibility index (Phi) is 7.58. The summed E-state index contributed by atoms with van der Waals surface area (Å²) >= 11 is 5.24. The van der Waals surface area contributed by atoms with Crippen molar-refractivity contribution in [1.82, 2.24) is 5.43 Å². The molecule has 140 valence electrons. The van der Waals surface area contributed by atoms with Gasteiger partial charge in [0, 0.05) is 29.9 Å². The molecule has 2 heterocycles. The van der Waals surface area contributed by atoms with E-state index in [-0.39, 0.29) is 18.5 Å². The molecule has 0 bridgehead atoms. The molecule has 7 heteroatoms. The van der Waals surface area contributed by atoms with E-state index in [9.17, 15) is 0 Å². The number of hydrogen-bond donors (Lipinski definition) is 2. The van der Waals surface area contributed by atoms with Crippen LogP contribution in [0.4, 0.5) is 5.69 Å². The predicted molar refractivity (Wildman–Crippen MR) is 104 cm³/mol. The number of hydrogen-bond acceptors (Lipinski definition) is 6. The van der Waals surface area contributed by atoms with E-state index in [4.69, 9.17) is 32.3 Å². The molecule has 3 rings (SSSR count). The lowest BCUT2D eigenvalue weighted by molar-refractivity contribution is -0.0444. The highest BCUT2D eigenvalue weighted by molar-refractivity contribution is 7.80. The largest absolute Gasteiger partial charge is 0.372 e. The second kappa shape index (κ2) is 9.45. The molecule has 6 nitrogen and oxygen atoms in total. The maximum absolute atomic E-state index is 5.83. The number of thiocarbonyl (C=S) groups is 1. The van der Waals surface area contributed by atoms with Crippen molar-refractivity contribution in [3.8, 4) is 0 Å². The summed E-state index contributed by atoms with van der Waals surface area (Å²) in [6.45, 7) is 11.1. The number of nitrogens with two attached hydrogens (primary N) is 1. The summed E-state index contributed by atoms with van der Waals surface area (Å²) in [5, 5.41) is 0. The first-order valence-corrected chi connectivity index (χ1v) is 9.28. The first-order chi connectivity index (χ1) is 12.1. The monoisotopic (exact) mass is 367 g/mol. The Morgan fingerprint density at radius 1 is 1.16 bits per heavy atom. The fourth-order valence-electron chi connectivity index (χ4n) is 3.17. The van der Waals surface area contributed by atoms with Gasteiger partial charge in [-0.15, -0.1) is 0 Å². The van der Waals surface area contributed by atoms with Gasteiger partial charge in [-0.25, -0.2) is 5.84 Å². The van der Waals surface area contributed by atoms with Crippen LogP contribution in [0.2, 0.25) is 0 Å². The minimum Gasteiger partial charge on any atom is -0.372 e. The SMILES string of the molecule is CC.CC1CN(c2ccc(C(=S)NN)cc2C2OCCO2)CC(C)O1. The fraction of sp³-hybridized carbons (Fsp3) is 0.611. The van der Waals surface area contributed by atoms with Gasteiger partial charge in [-0.3, -0.25) is 0 Å². The third kappa shape index (κ3) is 4.89. The van der Waals surface area contributed by atoms with Crippen molar-refractivity contribution in [2.24, 2.45) is 5.84 Å². The maximum Gasteiger partial charge on any atom is 0.186 e. The third-order valence-corrected chi connectivity index (χ3v) is 4.41. The molecule has 3 N–H and O–H groups in total. The number of morpholine rings is 1. The van der Waals surface area contributed by atoms with Gasteiger partial charge in [-0.2, -0.15) is 0 Å². The minimum atomic E-state index is -0.362. The van der Waals surface area contributed by atoms with E-state index >= 15 is 0 Å². The van der Waals surface area contributed by atoms with Crippen molar-refractivity contribution in [2.45, 2.75) is 46.2 Å². The Morgan fingerprint density at radius 2 is 1.76 bits per heavy atom. The normalized spacial score (nSPS) is 23.8. The van der Waals surface area contributed by atoms with Gasteiger partial charge in [-0.1, -0.05) is 26.1 Å². The molecule has 0 spiro atoms. The Labute approximate surface area is 155 Å². The van der Waals surface area contributed by atoms with Gasteiger partial charge < -0.3 is 24.5 Å². The van der Waals surface area contributed by atoms with E-state index in [0.717, 1.165) is 29.9 Å². The van der Waals surface area contributed by atoms with Gasteiger partial charge in [0.2, 0.25) is 0 Å². The second-order valence-electron chi connectivity index (χ2n) is 5.98. The van der Waals surface area contributed by atoms with Crippen molar-refractivity contribution in [3.63, 3.8) is 0 Å². The summed E-state index contributed by atoms with van der Waals surface area (Å²) in [6, 6.07) is 6.03. The molecule has 2 saturated heterocycles. The number of nitrogens with one attached hydrogen (secondary N) is 1. The number of anilines is 1. The van der Waals surface area contributed by atoms with Crippen LogP contribution in [0.5, 0.6) is 0 Å². The zero-order valence-electron chi connectivity index (χ0n) is 15.5. The van der Waals surface area contributed by atoms with Crippen LogP contribution < -0.4 is 16.2 Å². The van der Waals surface area contributed by atoms with Crippen LogP contribution in [0.1, 0.15) is 45.1 Å². The topological polar surface area (TPSA) is 69.0 Å². The third-order valence-electron chi connectivity index (χ3n) is 4.06. The van der Waals surface area contributed by atoms with Crippen molar-refractivity contribution in [3.05, 3.63) is 29.3 Å². The lowest BCUT2D eigenvalue weighted by Gasteiger charge is -2.38. The average molecular weight is 368 g/mol. The molecule has 0 aromatic heterocycles. The first kappa shape index (κ1) is 20.1. The zero-order valence-corrected chi connectivity index (χ0v) is 16.3. The van der Waals surface area contributed by atoms with Crippen LogP contribution in [0, 0.1) is 0 Å². The molecule has 0 radical (unpaired) electrons. The molecule has 2 atom stereocenters. The van der Waals surface area contributed by atoms with Crippen molar-refractivity contribution < 1.29 is 14.2 Å². The Morgan fingerprint density at radius 3 is 2.32 bits per heavy atom. The van der Waals surface area contributed by atoms with Crippen LogP contribution >= 0.6 is 12.2 Å². The summed E-state index contributed by atoms with van der Waals surface area (Å²) in [5.74, 6) is 5.44. The minimum absolute atomic E-state index is 0.184. The van der Waals surface area contributed by atoms with Gasteiger partial charge in [0.25, 0.3) is 0 Å². The average Bonchev–Trinajstić information content (AvgIpc) is 3.16. The molecule has 2 aliphatic heterocycles. The number of rotatable bonds is 3. The molecule has 0 aliphatic carbocycles. The van der Waals surface area contributed by atoms with E-state index in [0.29, 0.717) is 18.2 Å². The molecule has 1 aromatic rings. The molecule has 0 amide bonds. The number of nitrogens with zero attached hydrogens (tertiary/aromatic N) is 1. The first-order valence-electron chi connectivity index (χ1n) is 8.87. The standard InChI is InChI=1S/C16H23N3O3S.C2H6/c1-10-8-19(9-11(2)22-10)14-4-3-12(15(23)18-17)7-13(14)16-20-5-6-21-16;1-2/h3-4,7,10-11,16H,5-6,8-9,17H2,1-2H3,(H,18,23);1-2H3. The quantitative estimate of drug-likeness (QED) is 0.483. The van der Waals surface area contributed by atoms with Crippen molar-refractivity contribution >= 4 is 22.9 Å². The smallest absolute Gasteiger partial charge is 0.186 e. The van der Waals surface area contributed by atoms with E-state index in [1.165, 1.54) is 0 Å². The number of hydrazine groups is 1. The van der Waals surface area contributed by atoms with Crippen molar-refractivity contribution in [1.29, 1.82) is 0 Å². The van der Waals surface area contributed by atoms with Crippen LogP contribution in [-0.2, 0) is 14.2 Å². The Hall–Kier alpha value is -1.25. The molecule has 2 aliphatic rings. The van der Waals surface area contributed by atoms with Gasteiger partial charge >= 0.3 is 0 Å². The summed E-state index contributed by atoms with van der Waals surface area (Å²) in [5.41, 5.74) is 5.47. The highest BCUT2D eigenvalue weighted by Crippen LogP contribution is 2.34. The summed E-state index contributed by atoms with van der Waals surface area (Å²) in [6.07, 6.45) is 0.00549. The zero-order chi connectivity index (χ0) is 18.4. The molecule has 2 unspecified atom stereocenters. The highest BCUT2D eigenvalue weighted by Gasteiger charge is 2.28. The van der Waals surface area contributed by atoms with E-state index in [1.54, 1.807) is 0 Å². The van der Waals surface area contributed by atoms with Crippen molar-refractivity contribution in [2.75, 3.05) is 31.2 Å². The Bertz CT molecular complexity index is 569. The van der Waals surface area contributed by atoms with E-state index < -0.39 is 0 Å². The molecule has 2 fully saturated rings. The van der Waals surface area contributed by atoms with Crippen LogP contribution in [-0.4, -0.2) is 43.5 Å². The lowest BCUT2D eigenvalue weighted by atomic mass is 10.1. The summed E-state index contributed by atoms with van der Waals surface area (Å²) in [4.78, 5) is 2.82. The van der Waals surface area contributed by atoms with E-state index in [2.05, 4.69) is 30.2 Å². The van der Waals surface area contributed by atoms with Gasteiger partial charge in [-0.05, 0) is 32.0 Å². The summed E-state index contributed by atoms with van der Waals surface area (Å²) < 4.78 is 17.3. The van der Waals surface area contributed by atoms with E-state index in [1.807, 2.05) is 26.0 Å². The Balaban J connectivity index is 0.00000109. The lowest BCUT2D eigenvalue weighted by Crippen LogP contribution is -2.46. The predicted octanol–water partition coefficient (Wildman–Crippen LogP) is 2.51. The fourth-order valence-corrected chi connectivity index (χ4v) is 3.30. The molecular weight excluding hydrogens is 338 g/mol. The molecule has 25 heavy (non-hydrogen) atoms. The molecule has 1 aromatic carbocycles. The highest BCUT2D eigenvalue weighted by atomic mass is 32.1. The second-order valence-corrected chi connectivity index (χ2v) is 6.39. The van der Waals surface area contributed by atoms with Gasteiger partial charge in [0.15, 0.2) is 6.29 Å². The number of ether oxygens (including phenoxy) is 3. The van der Waals surface area contributed by atoms with Crippen LogP contribution in [0.15, 0.2) is 18.2 Å². The maximum atomic E-state index is 5.83. The van der Waals surface area contributed by atoms with Crippen LogP contribution in [0.25, 0.3) is 0 Å². The molecular formula is C18H29N3O3S. The van der Waals surface area contributed by atoms with Gasteiger partial charge in [0.1, 0.15) is 4.99 Å². The van der Waals surface area contributed by atoms with Gasteiger partial charge in [0.05, 0.1) is 25.4 Å². The summed E-state index contributed by atoms with van der Waals surface area (Å²) in [7, 11) is 0. The number of benzene rings is 1.